The number of carbonyl (C=O) groups is 2. The molecule has 0 bridgehead atoms. The summed E-state index contributed by atoms with van der Waals surface area (Å²) in [5.74, 6) is -0.101. The third-order valence-electron chi connectivity index (χ3n) is 5.76. The summed E-state index contributed by atoms with van der Waals surface area (Å²) in [4.78, 5) is 22.9. The average Bonchev–Trinajstić information content (AvgIpc) is 2.97. The van der Waals surface area contributed by atoms with Crippen LogP contribution in [0.2, 0.25) is 0 Å². The summed E-state index contributed by atoms with van der Waals surface area (Å²) in [5, 5.41) is 18.1. The highest BCUT2D eigenvalue weighted by Gasteiger charge is 2.07. The minimum Gasteiger partial charge on any atom is -0.508 e. The van der Waals surface area contributed by atoms with Crippen molar-refractivity contribution in [3.05, 3.63) is 132 Å². The Morgan fingerprint density at radius 1 is 0.625 bits per heavy atom. The lowest BCUT2D eigenvalue weighted by Gasteiger charge is -2.07. The number of aromatic hydroxyl groups is 1. The van der Waals surface area contributed by atoms with Gasteiger partial charge in [-0.1, -0.05) is 86.0 Å². The summed E-state index contributed by atoms with van der Waals surface area (Å²) in [6.45, 7) is 10.6. The molecule has 40 heavy (non-hydrogen) atoms. The van der Waals surface area contributed by atoms with Crippen LogP contribution in [0.5, 0.6) is 11.5 Å². The van der Waals surface area contributed by atoms with Crippen molar-refractivity contribution < 1.29 is 29.3 Å². The van der Waals surface area contributed by atoms with E-state index in [4.69, 9.17) is 19.7 Å². The molecule has 0 atom stereocenters. The van der Waals surface area contributed by atoms with Gasteiger partial charge in [0.15, 0.2) is 0 Å². The third kappa shape index (κ3) is 8.82. The number of aliphatic hydroxyl groups excluding tert-OH is 1. The molecule has 0 saturated carbocycles. The molecule has 6 heteroatoms. The third-order valence-corrected chi connectivity index (χ3v) is 5.76. The van der Waals surface area contributed by atoms with E-state index >= 15 is 0 Å². The molecule has 2 N–H and O–H groups in total. The van der Waals surface area contributed by atoms with E-state index in [0.717, 1.165) is 33.4 Å². The molecule has 0 spiro atoms. The Bertz CT molecular complexity index is 1450. The lowest BCUT2D eigenvalue weighted by molar-refractivity contribution is -0.140. The van der Waals surface area contributed by atoms with Gasteiger partial charge < -0.3 is 19.7 Å². The Labute approximate surface area is 234 Å². The van der Waals surface area contributed by atoms with E-state index in [1.165, 1.54) is 0 Å². The molecular weight excluding hydrogens is 504 g/mol. The number of benzene rings is 4. The number of esters is 2. The molecule has 4 aromatic rings. The highest BCUT2D eigenvalue weighted by atomic mass is 16.5. The Hall–Kier alpha value is -4.94. The minimum absolute atomic E-state index is 0.0653. The summed E-state index contributed by atoms with van der Waals surface area (Å²) >= 11 is 0. The number of phenols is 1. The van der Waals surface area contributed by atoms with Crippen LogP contribution in [-0.4, -0.2) is 22.2 Å². The fourth-order valence-electron chi connectivity index (χ4n) is 3.43. The van der Waals surface area contributed by atoms with Crippen molar-refractivity contribution in [3.63, 3.8) is 0 Å². The number of hydrogen-bond acceptors (Lipinski definition) is 6. The lowest BCUT2D eigenvalue weighted by atomic mass is 10.0. The molecule has 0 amide bonds. The van der Waals surface area contributed by atoms with Gasteiger partial charge in [-0.05, 0) is 71.5 Å². The fraction of sp³-hybridized carbons (Fsp3) is 0.118. The maximum atomic E-state index is 11.5. The average molecular weight is 537 g/mol. The molecule has 4 aromatic carbocycles. The van der Waals surface area contributed by atoms with Crippen molar-refractivity contribution >= 4 is 11.9 Å². The van der Waals surface area contributed by atoms with E-state index in [0.29, 0.717) is 16.9 Å². The van der Waals surface area contributed by atoms with Crippen LogP contribution >= 0.6 is 0 Å². The molecule has 0 radical (unpaired) electrons. The maximum absolute atomic E-state index is 11.5. The van der Waals surface area contributed by atoms with Crippen LogP contribution in [-0.2, 0) is 27.5 Å². The van der Waals surface area contributed by atoms with Crippen molar-refractivity contribution in [3.8, 4) is 33.8 Å². The van der Waals surface area contributed by atoms with Gasteiger partial charge in [-0.2, -0.15) is 0 Å². The molecular formula is C34H32O6. The Morgan fingerprint density at radius 3 is 1.45 bits per heavy atom. The van der Waals surface area contributed by atoms with Crippen molar-refractivity contribution in [2.45, 2.75) is 27.1 Å². The number of ether oxygens (including phenoxy) is 2. The topological polar surface area (TPSA) is 93.1 Å². The van der Waals surface area contributed by atoms with E-state index in [2.05, 4.69) is 13.2 Å². The number of phenolic OH excluding ortho intramolecular Hbond substituents is 1. The van der Waals surface area contributed by atoms with Gasteiger partial charge in [0.05, 0.1) is 6.61 Å². The van der Waals surface area contributed by atoms with Gasteiger partial charge in [-0.15, -0.1) is 0 Å². The SMILES string of the molecule is C=C(C)C(=O)OCc1ccc(-c2ccc(OC(=O)C(=C)C)cc2)cc1.OCc1ccc(-c2ccc(O)cc2)cc1. The van der Waals surface area contributed by atoms with Crippen molar-refractivity contribution in [1.29, 1.82) is 0 Å². The number of carbonyl (C=O) groups excluding carboxylic acids is 2. The van der Waals surface area contributed by atoms with E-state index in [9.17, 15) is 9.59 Å². The molecule has 0 heterocycles. The second-order valence-electron chi connectivity index (χ2n) is 9.15. The molecule has 0 aliphatic carbocycles. The normalized spacial score (nSPS) is 10.1. The molecule has 6 nitrogen and oxygen atoms in total. The van der Waals surface area contributed by atoms with Crippen molar-refractivity contribution in [2.75, 3.05) is 0 Å². The van der Waals surface area contributed by atoms with Crippen LogP contribution in [0.15, 0.2) is 121 Å². The smallest absolute Gasteiger partial charge is 0.338 e. The van der Waals surface area contributed by atoms with Gasteiger partial charge in [0.25, 0.3) is 0 Å². The molecule has 0 aliphatic rings. The highest BCUT2D eigenvalue weighted by molar-refractivity contribution is 5.89. The summed E-state index contributed by atoms with van der Waals surface area (Å²) in [6, 6.07) is 29.6. The zero-order valence-electron chi connectivity index (χ0n) is 22.6. The zero-order chi connectivity index (χ0) is 29.1. The summed E-state index contributed by atoms with van der Waals surface area (Å²) < 4.78 is 10.3. The summed E-state index contributed by atoms with van der Waals surface area (Å²) in [7, 11) is 0. The van der Waals surface area contributed by atoms with Crippen LogP contribution in [0.25, 0.3) is 22.3 Å². The fourth-order valence-corrected chi connectivity index (χ4v) is 3.43. The number of hydrogen-bond donors (Lipinski definition) is 2. The molecule has 0 aliphatic heterocycles. The van der Waals surface area contributed by atoms with E-state index < -0.39 is 11.9 Å². The molecule has 4 rings (SSSR count). The van der Waals surface area contributed by atoms with E-state index in [1.54, 1.807) is 38.1 Å². The minimum atomic E-state index is -0.443. The largest absolute Gasteiger partial charge is 0.508 e. The van der Waals surface area contributed by atoms with E-state index in [-0.39, 0.29) is 19.0 Å². The van der Waals surface area contributed by atoms with Gasteiger partial charge in [0.1, 0.15) is 18.1 Å². The van der Waals surface area contributed by atoms with Gasteiger partial charge >= 0.3 is 11.9 Å². The maximum Gasteiger partial charge on any atom is 0.338 e. The predicted molar refractivity (Wildman–Crippen MR) is 156 cm³/mol. The van der Waals surface area contributed by atoms with Gasteiger partial charge in [-0.3, -0.25) is 0 Å². The molecule has 204 valence electrons. The van der Waals surface area contributed by atoms with Crippen molar-refractivity contribution in [1.82, 2.24) is 0 Å². The summed E-state index contributed by atoms with van der Waals surface area (Å²) in [6.07, 6.45) is 0. The molecule has 0 saturated heterocycles. The predicted octanol–water partition coefficient (Wildman–Crippen LogP) is 7.01. The van der Waals surface area contributed by atoms with Crippen LogP contribution in [0.1, 0.15) is 25.0 Å². The monoisotopic (exact) mass is 536 g/mol. The Balaban J connectivity index is 0.000000249. The first-order valence-electron chi connectivity index (χ1n) is 12.5. The van der Waals surface area contributed by atoms with Crippen LogP contribution in [0.4, 0.5) is 0 Å². The van der Waals surface area contributed by atoms with Crippen LogP contribution in [0.3, 0.4) is 0 Å². The molecule has 0 aromatic heterocycles. The standard InChI is InChI=1S/C21H20O4.C13H12O2/c1-14(2)20(22)24-13-16-5-7-17(8-6-16)18-9-11-19(12-10-18)25-21(23)15(3)4;14-9-10-1-3-11(4-2-10)12-5-7-13(15)8-6-12/h5-12H,1,3,13H2,2,4H3;1-8,14-15H,9H2. The van der Waals surface area contributed by atoms with Crippen LogP contribution < -0.4 is 4.74 Å². The second-order valence-corrected chi connectivity index (χ2v) is 9.15. The summed E-state index contributed by atoms with van der Waals surface area (Å²) in [5.41, 5.74) is 6.65. The Morgan fingerprint density at radius 2 is 1.02 bits per heavy atom. The second kappa shape index (κ2) is 14.3. The van der Waals surface area contributed by atoms with Gasteiger partial charge in [-0.25, -0.2) is 9.59 Å². The number of rotatable bonds is 8. The van der Waals surface area contributed by atoms with Crippen molar-refractivity contribution in [2.24, 2.45) is 0 Å². The highest BCUT2D eigenvalue weighted by Crippen LogP contribution is 2.24. The van der Waals surface area contributed by atoms with E-state index in [1.807, 2.05) is 72.8 Å². The zero-order valence-corrected chi connectivity index (χ0v) is 22.6. The Kier molecular flexibility index (Phi) is 10.6. The first-order chi connectivity index (χ1) is 19.2. The number of aliphatic hydroxyl groups is 1. The molecule has 0 unspecified atom stereocenters. The first kappa shape index (κ1) is 29.6. The molecule has 0 fully saturated rings. The van der Waals surface area contributed by atoms with Gasteiger partial charge in [0, 0.05) is 11.1 Å². The van der Waals surface area contributed by atoms with Crippen LogP contribution in [0, 0.1) is 0 Å². The first-order valence-corrected chi connectivity index (χ1v) is 12.5. The quantitative estimate of drug-likeness (QED) is 0.143. The lowest BCUT2D eigenvalue weighted by Crippen LogP contribution is -2.07. The van der Waals surface area contributed by atoms with Gasteiger partial charge in [0.2, 0.25) is 0 Å².